The van der Waals surface area contributed by atoms with Crippen molar-refractivity contribution in [1.29, 1.82) is 0 Å². The van der Waals surface area contributed by atoms with Crippen molar-refractivity contribution in [3.05, 3.63) is 70.3 Å². The third kappa shape index (κ3) is 3.47. The van der Waals surface area contributed by atoms with E-state index in [1.54, 1.807) is 0 Å². The molecule has 0 aliphatic rings. The summed E-state index contributed by atoms with van der Waals surface area (Å²) in [4.78, 5) is 2.35. The predicted octanol–water partition coefficient (Wildman–Crippen LogP) is 3.39. The maximum atomic E-state index is 5.81. The average Bonchev–Trinajstić information content (AvgIpc) is 2.44. The molecule has 0 aromatic heterocycles. The fourth-order valence-corrected chi connectivity index (χ4v) is 2.63. The lowest BCUT2D eigenvalue weighted by Crippen LogP contribution is -2.20. The summed E-state index contributed by atoms with van der Waals surface area (Å²) in [5.41, 5.74) is 12.5. The second kappa shape index (κ2) is 6.69. The number of benzene rings is 2. The minimum atomic E-state index is 0.605. The van der Waals surface area contributed by atoms with E-state index in [9.17, 15) is 0 Å². The quantitative estimate of drug-likeness (QED) is 0.900. The van der Waals surface area contributed by atoms with Gasteiger partial charge in [0.1, 0.15) is 0 Å². The van der Waals surface area contributed by atoms with Crippen LogP contribution in [0.5, 0.6) is 0 Å². The van der Waals surface area contributed by atoms with Crippen molar-refractivity contribution in [3.8, 4) is 0 Å². The van der Waals surface area contributed by atoms with E-state index in [0.717, 1.165) is 13.1 Å². The monoisotopic (exact) mass is 268 g/mol. The smallest absolute Gasteiger partial charge is 0.0239 e. The van der Waals surface area contributed by atoms with E-state index in [4.69, 9.17) is 5.73 Å². The Hall–Kier alpha value is -1.64. The molecule has 20 heavy (non-hydrogen) atoms. The van der Waals surface area contributed by atoms with Crippen molar-refractivity contribution >= 4 is 0 Å². The van der Waals surface area contributed by atoms with Crippen LogP contribution in [0.15, 0.2) is 42.5 Å². The Morgan fingerprint density at radius 1 is 0.850 bits per heavy atom. The number of rotatable bonds is 5. The van der Waals surface area contributed by atoms with Crippen LogP contribution >= 0.6 is 0 Å². The predicted molar refractivity (Wildman–Crippen MR) is 85.4 cm³/mol. The minimum Gasteiger partial charge on any atom is -0.326 e. The number of nitrogens with two attached hydrogens (primary N) is 1. The van der Waals surface area contributed by atoms with Gasteiger partial charge in [0.05, 0.1) is 0 Å². The highest BCUT2D eigenvalue weighted by molar-refractivity contribution is 5.33. The van der Waals surface area contributed by atoms with Gasteiger partial charge >= 0.3 is 0 Å². The lowest BCUT2D eigenvalue weighted by Gasteiger charge is -2.21. The van der Waals surface area contributed by atoms with Crippen LogP contribution in [-0.2, 0) is 19.6 Å². The summed E-state index contributed by atoms with van der Waals surface area (Å²) in [5, 5.41) is 0. The SMILES string of the molecule is Cc1cccc(C)c1CN(C)Cc1ccccc1CN. The summed E-state index contributed by atoms with van der Waals surface area (Å²) in [5.74, 6) is 0. The molecule has 2 heteroatoms. The molecular weight excluding hydrogens is 244 g/mol. The van der Waals surface area contributed by atoms with Gasteiger partial charge in [0, 0.05) is 19.6 Å². The molecule has 0 aliphatic heterocycles. The first-order valence-corrected chi connectivity index (χ1v) is 7.12. The lowest BCUT2D eigenvalue weighted by atomic mass is 10.0. The van der Waals surface area contributed by atoms with Crippen LogP contribution in [0, 0.1) is 13.8 Å². The first-order valence-electron chi connectivity index (χ1n) is 7.12. The Labute approximate surface area is 122 Å². The van der Waals surface area contributed by atoms with Gasteiger partial charge in [-0.3, -0.25) is 4.90 Å². The molecule has 2 aromatic rings. The van der Waals surface area contributed by atoms with Crippen LogP contribution in [0.1, 0.15) is 27.8 Å². The van der Waals surface area contributed by atoms with Gasteiger partial charge < -0.3 is 5.73 Å². The van der Waals surface area contributed by atoms with Gasteiger partial charge in [-0.15, -0.1) is 0 Å². The highest BCUT2D eigenvalue weighted by atomic mass is 15.1. The van der Waals surface area contributed by atoms with Crippen molar-refractivity contribution in [3.63, 3.8) is 0 Å². The van der Waals surface area contributed by atoms with Crippen LogP contribution in [-0.4, -0.2) is 11.9 Å². The van der Waals surface area contributed by atoms with Gasteiger partial charge in [-0.25, -0.2) is 0 Å². The summed E-state index contributed by atoms with van der Waals surface area (Å²) in [6.07, 6.45) is 0. The first-order chi connectivity index (χ1) is 9.61. The summed E-state index contributed by atoms with van der Waals surface area (Å²) in [6, 6.07) is 14.9. The molecule has 106 valence electrons. The maximum Gasteiger partial charge on any atom is 0.0239 e. The lowest BCUT2D eigenvalue weighted by molar-refractivity contribution is 0.316. The summed E-state index contributed by atoms with van der Waals surface area (Å²) in [6.45, 7) is 6.87. The summed E-state index contributed by atoms with van der Waals surface area (Å²) >= 11 is 0. The van der Waals surface area contributed by atoms with Crippen LogP contribution in [0.2, 0.25) is 0 Å². The second-order valence-electron chi connectivity index (χ2n) is 5.52. The third-order valence-corrected chi connectivity index (χ3v) is 3.85. The maximum absolute atomic E-state index is 5.81. The van der Waals surface area contributed by atoms with E-state index in [1.165, 1.54) is 27.8 Å². The topological polar surface area (TPSA) is 29.3 Å². The molecule has 0 atom stereocenters. The number of hydrogen-bond donors (Lipinski definition) is 1. The van der Waals surface area contributed by atoms with Crippen LogP contribution in [0.3, 0.4) is 0 Å². The molecule has 0 amide bonds. The molecule has 0 heterocycles. The zero-order valence-electron chi connectivity index (χ0n) is 12.7. The van der Waals surface area contributed by atoms with E-state index in [0.29, 0.717) is 6.54 Å². The molecule has 0 aliphatic carbocycles. The Kier molecular flexibility index (Phi) is 4.94. The third-order valence-electron chi connectivity index (χ3n) is 3.85. The van der Waals surface area contributed by atoms with Gasteiger partial charge in [0.25, 0.3) is 0 Å². The molecule has 2 nitrogen and oxygen atoms in total. The summed E-state index contributed by atoms with van der Waals surface area (Å²) in [7, 11) is 2.17. The summed E-state index contributed by atoms with van der Waals surface area (Å²) < 4.78 is 0. The zero-order chi connectivity index (χ0) is 14.5. The number of hydrogen-bond acceptors (Lipinski definition) is 2. The van der Waals surface area contributed by atoms with Crippen molar-refractivity contribution in [1.82, 2.24) is 4.90 Å². The average molecular weight is 268 g/mol. The Balaban J connectivity index is 2.11. The Morgan fingerprint density at radius 2 is 1.45 bits per heavy atom. The molecule has 0 radical (unpaired) electrons. The first kappa shape index (κ1) is 14.8. The van der Waals surface area contributed by atoms with E-state index in [-0.39, 0.29) is 0 Å². The molecule has 0 unspecified atom stereocenters. The van der Waals surface area contributed by atoms with E-state index < -0.39 is 0 Å². The van der Waals surface area contributed by atoms with Gasteiger partial charge in [-0.1, -0.05) is 42.5 Å². The molecule has 0 bridgehead atoms. The largest absolute Gasteiger partial charge is 0.326 e. The van der Waals surface area contributed by atoms with Crippen LogP contribution in [0.25, 0.3) is 0 Å². The van der Waals surface area contributed by atoms with E-state index in [1.807, 2.05) is 0 Å². The molecule has 0 fully saturated rings. The van der Waals surface area contributed by atoms with Crippen LogP contribution in [0.4, 0.5) is 0 Å². The normalized spacial score (nSPS) is 11.1. The van der Waals surface area contributed by atoms with E-state index >= 15 is 0 Å². The number of aryl methyl sites for hydroxylation is 2. The van der Waals surface area contributed by atoms with E-state index in [2.05, 4.69) is 68.3 Å². The molecule has 0 saturated carbocycles. The van der Waals surface area contributed by atoms with Gasteiger partial charge in [0.2, 0.25) is 0 Å². The van der Waals surface area contributed by atoms with Crippen LogP contribution < -0.4 is 5.73 Å². The van der Waals surface area contributed by atoms with Crippen molar-refractivity contribution in [2.24, 2.45) is 5.73 Å². The molecular formula is C18H24N2. The highest BCUT2D eigenvalue weighted by Crippen LogP contribution is 2.17. The zero-order valence-corrected chi connectivity index (χ0v) is 12.7. The van der Waals surface area contributed by atoms with Gasteiger partial charge in [0.15, 0.2) is 0 Å². The standard InChI is InChI=1S/C18H24N2/c1-14-7-6-8-15(2)18(14)13-20(3)12-17-10-5-4-9-16(17)11-19/h4-10H,11-13,19H2,1-3H3. The molecule has 2 N–H and O–H groups in total. The molecule has 2 rings (SSSR count). The highest BCUT2D eigenvalue weighted by Gasteiger charge is 2.08. The Morgan fingerprint density at radius 3 is 2.05 bits per heavy atom. The molecule has 0 saturated heterocycles. The van der Waals surface area contributed by atoms with Crippen molar-refractivity contribution < 1.29 is 0 Å². The van der Waals surface area contributed by atoms with Crippen molar-refractivity contribution in [2.75, 3.05) is 7.05 Å². The Bertz CT molecular complexity index is 555. The van der Waals surface area contributed by atoms with Gasteiger partial charge in [-0.05, 0) is 48.7 Å². The fourth-order valence-electron chi connectivity index (χ4n) is 2.63. The second-order valence-corrected chi connectivity index (χ2v) is 5.52. The molecule has 0 spiro atoms. The minimum absolute atomic E-state index is 0.605. The van der Waals surface area contributed by atoms with Crippen molar-refractivity contribution in [2.45, 2.75) is 33.5 Å². The number of nitrogens with zero attached hydrogens (tertiary/aromatic N) is 1. The van der Waals surface area contributed by atoms with Gasteiger partial charge in [-0.2, -0.15) is 0 Å². The fraction of sp³-hybridized carbons (Fsp3) is 0.333. The molecule has 2 aromatic carbocycles.